The Balaban J connectivity index is 1.78. The second-order valence-electron chi connectivity index (χ2n) is 6.88. The molecule has 0 aliphatic rings. The number of nitrogens with zero attached hydrogens (tertiary/aromatic N) is 1. The van der Waals surface area contributed by atoms with Crippen LogP contribution in [0.5, 0.6) is 11.5 Å². The Morgan fingerprint density at radius 1 is 1.06 bits per heavy atom. The van der Waals surface area contributed by atoms with Gasteiger partial charge in [-0.1, -0.05) is 12.1 Å². The van der Waals surface area contributed by atoms with Crippen LogP contribution in [-0.4, -0.2) is 31.1 Å². The zero-order valence-corrected chi connectivity index (χ0v) is 17.8. The lowest BCUT2D eigenvalue weighted by Crippen LogP contribution is -2.21. The smallest absolute Gasteiger partial charge is 0.343 e. The lowest BCUT2D eigenvalue weighted by Gasteiger charge is -2.20. The summed E-state index contributed by atoms with van der Waals surface area (Å²) in [6.45, 7) is 5.86. The summed E-state index contributed by atoms with van der Waals surface area (Å²) in [4.78, 5) is 26.7. The fraction of sp³-hybridized carbons (Fsp3) is 0.200. The Morgan fingerprint density at radius 2 is 1.81 bits per heavy atom. The van der Waals surface area contributed by atoms with Gasteiger partial charge < -0.3 is 19.2 Å². The van der Waals surface area contributed by atoms with Crippen LogP contribution < -0.4 is 15.3 Å². The first-order valence-electron chi connectivity index (χ1n) is 10.0. The molecule has 0 fully saturated rings. The molecule has 31 heavy (non-hydrogen) atoms. The van der Waals surface area contributed by atoms with E-state index in [-0.39, 0.29) is 11.5 Å². The molecule has 0 unspecified atom stereocenters. The third kappa shape index (κ3) is 5.22. The zero-order chi connectivity index (χ0) is 22.4. The molecule has 0 atom stereocenters. The van der Waals surface area contributed by atoms with Gasteiger partial charge in [0.1, 0.15) is 5.58 Å². The van der Waals surface area contributed by atoms with Crippen molar-refractivity contribution in [3.05, 3.63) is 76.2 Å². The molecule has 1 N–H and O–H groups in total. The lowest BCUT2D eigenvalue weighted by atomic mass is 10.1. The van der Waals surface area contributed by atoms with E-state index in [4.69, 9.17) is 9.15 Å². The van der Waals surface area contributed by atoms with Gasteiger partial charge in [0.25, 0.3) is 0 Å². The van der Waals surface area contributed by atoms with Gasteiger partial charge in [0.05, 0.1) is 12.7 Å². The highest BCUT2D eigenvalue weighted by Crippen LogP contribution is 2.26. The summed E-state index contributed by atoms with van der Waals surface area (Å²) < 4.78 is 10.5. The minimum atomic E-state index is -0.502. The molecule has 0 saturated heterocycles. The van der Waals surface area contributed by atoms with E-state index in [0.717, 1.165) is 24.2 Å². The number of aromatic hydroxyl groups is 1. The van der Waals surface area contributed by atoms with E-state index in [0.29, 0.717) is 22.5 Å². The van der Waals surface area contributed by atoms with Crippen molar-refractivity contribution < 1.29 is 19.1 Å². The molecule has 6 heteroatoms. The number of hydrogen-bond acceptors (Lipinski definition) is 6. The lowest BCUT2D eigenvalue weighted by molar-refractivity contribution is -0.110. The molecule has 0 bridgehead atoms. The number of carbonyl (C=O) groups excluding carboxylic acids is 1. The van der Waals surface area contributed by atoms with Gasteiger partial charge >= 0.3 is 5.63 Å². The summed E-state index contributed by atoms with van der Waals surface area (Å²) in [6.07, 6.45) is 5.68. The summed E-state index contributed by atoms with van der Waals surface area (Å²) >= 11 is 0. The molecule has 0 spiro atoms. The molecular formula is C25H25NO5. The van der Waals surface area contributed by atoms with Gasteiger partial charge in [-0.3, -0.25) is 4.79 Å². The van der Waals surface area contributed by atoms with Crippen LogP contribution in [0.15, 0.2) is 63.8 Å². The molecular weight excluding hydrogens is 394 g/mol. The van der Waals surface area contributed by atoms with Crippen molar-refractivity contribution in [2.75, 3.05) is 25.1 Å². The van der Waals surface area contributed by atoms with E-state index in [1.807, 2.05) is 18.2 Å². The van der Waals surface area contributed by atoms with E-state index in [2.05, 4.69) is 18.7 Å². The van der Waals surface area contributed by atoms with Gasteiger partial charge in [0.15, 0.2) is 17.3 Å². The number of hydrogen-bond donors (Lipinski definition) is 1. The van der Waals surface area contributed by atoms with E-state index in [9.17, 15) is 14.7 Å². The Hall–Kier alpha value is -3.80. The number of phenolic OH excluding ortho intramolecular Hbond substituents is 1. The van der Waals surface area contributed by atoms with Crippen LogP contribution in [0.1, 0.15) is 25.0 Å². The van der Waals surface area contributed by atoms with Gasteiger partial charge in [-0.05, 0) is 68.0 Å². The fourth-order valence-electron chi connectivity index (χ4n) is 3.23. The van der Waals surface area contributed by atoms with E-state index in [1.54, 1.807) is 24.3 Å². The Kier molecular flexibility index (Phi) is 6.92. The second-order valence-corrected chi connectivity index (χ2v) is 6.88. The third-order valence-corrected chi connectivity index (χ3v) is 4.95. The number of phenols is 1. The molecule has 0 aliphatic heterocycles. The van der Waals surface area contributed by atoms with Crippen LogP contribution >= 0.6 is 0 Å². The van der Waals surface area contributed by atoms with Crippen LogP contribution in [0.3, 0.4) is 0 Å². The monoisotopic (exact) mass is 419 g/mol. The fourth-order valence-corrected chi connectivity index (χ4v) is 3.23. The van der Waals surface area contributed by atoms with Gasteiger partial charge in [-0.25, -0.2) is 4.79 Å². The van der Waals surface area contributed by atoms with Gasteiger partial charge in [-0.15, -0.1) is 0 Å². The van der Waals surface area contributed by atoms with E-state index >= 15 is 0 Å². The maximum absolute atomic E-state index is 12.3. The van der Waals surface area contributed by atoms with Crippen LogP contribution in [-0.2, 0) is 4.79 Å². The second kappa shape index (κ2) is 9.80. The van der Waals surface area contributed by atoms with Crippen molar-refractivity contribution in [3.8, 4) is 11.5 Å². The zero-order valence-electron chi connectivity index (χ0n) is 17.8. The molecule has 0 radical (unpaired) electrons. The Morgan fingerprint density at radius 3 is 2.48 bits per heavy atom. The van der Waals surface area contributed by atoms with Crippen LogP contribution in [0, 0.1) is 0 Å². The normalized spacial score (nSPS) is 11.5. The first kappa shape index (κ1) is 21.9. The molecule has 1 heterocycles. The van der Waals surface area contributed by atoms with Crippen LogP contribution in [0.2, 0.25) is 0 Å². The van der Waals surface area contributed by atoms with Crippen molar-refractivity contribution in [3.63, 3.8) is 0 Å². The molecule has 3 aromatic rings. The number of allylic oxidation sites excluding steroid dienone is 2. The molecule has 3 rings (SSSR count). The summed E-state index contributed by atoms with van der Waals surface area (Å²) in [5, 5.41) is 10.6. The standard InChI is InChI=1S/C25H25NO5/c1-4-26(5-2)20-10-8-18-15-19(25(29)31-24(18)16-20)9-12-21(27)11-6-17-7-13-23(30-3)22(28)14-17/h6-16,28H,4-5H2,1-3H3/b11-6+,12-9+. The average Bonchev–Trinajstić information content (AvgIpc) is 2.77. The molecule has 0 aliphatic carbocycles. The van der Waals surface area contributed by atoms with Crippen molar-refractivity contribution in [2.45, 2.75) is 13.8 Å². The SMILES string of the molecule is CCN(CC)c1ccc2cc(/C=C/C(=O)/C=C/c3ccc(OC)c(O)c3)c(=O)oc2c1. The number of carbonyl (C=O) groups is 1. The topological polar surface area (TPSA) is 80.0 Å². The van der Waals surface area contributed by atoms with Gasteiger partial charge in [-0.2, -0.15) is 0 Å². The molecule has 160 valence electrons. The predicted molar refractivity (Wildman–Crippen MR) is 124 cm³/mol. The quantitative estimate of drug-likeness (QED) is 0.423. The minimum Gasteiger partial charge on any atom is -0.504 e. The van der Waals surface area contributed by atoms with Crippen molar-refractivity contribution >= 4 is 34.6 Å². The largest absolute Gasteiger partial charge is 0.504 e. The van der Waals surface area contributed by atoms with Gasteiger partial charge in [0.2, 0.25) is 0 Å². The number of methoxy groups -OCH3 is 1. The summed E-state index contributed by atoms with van der Waals surface area (Å²) in [5.74, 6) is 0.0490. The summed E-state index contributed by atoms with van der Waals surface area (Å²) in [5.41, 5.74) is 1.95. The first-order chi connectivity index (χ1) is 14.9. The number of rotatable bonds is 8. The number of fused-ring (bicyclic) bond motifs is 1. The van der Waals surface area contributed by atoms with Gasteiger partial charge in [0, 0.05) is 30.2 Å². The maximum Gasteiger partial charge on any atom is 0.343 e. The number of ketones is 1. The molecule has 2 aromatic carbocycles. The van der Waals surface area contributed by atoms with Crippen molar-refractivity contribution in [1.82, 2.24) is 0 Å². The predicted octanol–water partition coefficient (Wildman–Crippen LogP) is 4.65. The van der Waals surface area contributed by atoms with Crippen LogP contribution in [0.25, 0.3) is 23.1 Å². The third-order valence-electron chi connectivity index (χ3n) is 4.95. The summed E-state index contributed by atoms with van der Waals surface area (Å²) in [7, 11) is 1.46. The number of ether oxygens (including phenoxy) is 1. The highest BCUT2D eigenvalue weighted by molar-refractivity contribution is 6.04. The molecule has 0 saturated carbocycles. The highest BCUT2D eigenvalue weighted by atomic mass is 16.5. The Bertz CT molecular complexity index is 1200. The van der Waals surface area contributed by atoms with Crippen LogP contribution in [0.4, 0.5) is 5.69 Å². The molecule has 1 aromatic heterocycles. The van der Waals surface area contributed by atoms with Crippen molar-refractivity contribution in [1.29, 1.82) is 0 Å². The molecule has 6 nitrogen and oxygen atoms in total. The van der Waals surface area contributed by atoms with E-state index in [1.165, 1.54) is 31.4 Å². The number of anilines is 1. The summed E-state index contributed by atoms with van der Waals surface area (Å²) in [6, 6.07) is 12.3. The average molecular weight is 419 g/mol. The van der Waals surface area contributed by atoms with Crippen molar-refractivity contribution in [2.24, 2.45) is 0 Å². The van der Waals surface area contributed by atoms with E-state index < -0.39 is 5.63 Å². The highest BCUT2D eigenvalue weighted by Gasteiger charge is 2.07. The molecule has 0 amide bonds. The minimum absolute atomic E-state index is 0.00874. The maximum atomic E-state index is 12.3. The first-order valence-corrected chi connectivity index (χ1v) is 10.0. The Labute approximate surface area is 180 Å². The number of benzene rings is 2.